The van der Waals surface area contributed by atoms with Crippen LogP contribution in [-0.4, -0.2) is 0 Å². The molecule has 0 saturated carbocycles. The highest BCUT2D eigenvalue weighted by Gasteiger charge is 2.38. The fourth-order valence-corrected chi connectivity index (χ4v) is 4.18. The van der Waals surface area contributed by atoms with E-state index in [4.69, 9.17) is 0 Å². The Bertz CT molecular complexity index is 979. The van der Waals surface area contributed by atoms with Gasteiger partial charge < -0.3 is 0 Å². The van der Waals surface area contributed by atoms with E-state index >= 15 is 0 Å². The highest BCUT2D eigenvalue weighted by atomic mass is 19.2. The van der Waals surface area contributed by atoms with Crippen LogP contribution >= 0.6 is 0 Å². The Hall–Kier alpha value is -2.88. The van der Waals surface area contributed by atoms with Crippen LogP contribution in [0, 0.1) is 23.3 Å². The summed E-state index contributed by atoms with van der Waals surface area (Å²) in [4.78, 5) is 0. The predicted molar refractivity (Wildman–Crippen MR) is 91.8 cm³/mol. The molecule has 3 aliphatic rings. The van der Waals surface area contributed by atoms with E-state index in [0.29, 0.717) is 0 Å². The fraction of sp³-hybridized carbons (Fsp3) is 0.0909. The molecule has 6 rings (SSSR count). The van der Waals surface area contributed by atoms with E-state index in [2.05, 4.69) is 0 Å². The van der Waals surface area contributed by atoms with Gasteiger partial charge in [0.1, 0.15) is 0 Å². The van der Waals surface area contributed by atoms with Crippen molar-refractivity contribution in [2.24, 2.45) is 0 Å². The van der Waals surface area contributed by atoms with Gasteiger partial charge in [0, 0.05) is 0 Å². The number of halogens is 4. The van der Waals surface area contributed by atoms with E-state index in [-0.39, 0.29) is 11.1 Å². The van der Waals surface area contributed by atoms with E-state index in [1.807, 2.05) is 60.7 Å². The Morgan fingerprint density at radius 1 is 0.538 bits per heavy atom. The van der Waals surface area contributed by atoms with Crippen molar-refractivity contribution in [3.05, 3.63) is 106 Å². The molecule has 26 heavy (non-hydrogen) atoms. The molecule has 0 saturated heterocycles. The molecule has 3 aromatic rings. The first-order valence-corrected chi connectivity index (χ1v) is 8.31. The zero-order chi connectivity index (χ0) is 18.0. The van der Waals surface area contributed by atoms with Crippen molar-refractivity contribution in [1.29, 1.82) is 0 Å². The van der Waals surface area contributed by atoms with E-state index in [9.17, 15) is 17.6 Å². The van der Waals surface area contributed by atoms with Gasteiger partial charge in [-0.05, 0) is 23.0 Å². The lowest BCUT2D eigenvalue weighted by Crippen LogP contribution is -2.24. The van der Waals surface area contributed by atoms with Crippen molar-refractivity contribution >= 4 is 11.1 Å². The minimum absolute atomic E-state index is 0.0968. The van der Waals surface area contributed by atoms with E-state index in [1.54, 1.807) is 0 Å². The van der Waals surface area contributed by atoms with Crippen LogP contribution in [0.2, 0.25) is 0 Å². The lowest BCUT2D eigenvalue weighted by atomic mass is 9.66. The highest BCUT2D eigenvalue weighted by Crippen LogP contribution is 2.55. The maximum atomic E-state index is 14.6. The number of rotatable bonds is 2. The second kappa shape index (κ2) is 5.31. The van der Waals surface area contributed by atoms with Gasteiger partial charge in [-0.25, -0.2) is 17.6 Å². The number of hydrogen-bond acceptors (Lipinski definition) is 0. The Morgan fingerprint density at radius 2 is 0.885 bits per heavy atom. The molecule has 0 aromatic heterocycles. The lowest BCUT2D eigenvalue weighted by Gasteiger charge is -2.43. The summed E-state index contributed by atoms with van der Waals surface area (Å²) in [6.45, 7) is 0. The molecule has 0 spiro atoms. The van der Waals surface area contributed by atoms with Gasteiger partial charge >= 0.3 is 0 Å². The van der Waals surface area contributed by atoms with Crippen LogP contribution in [0.1, 0.15) is 34.1 Å². The van der Waals surface area contributed by atoms with Crippen molar-refractivity contribution in [2.75, 3.05) is 0 Å². The molecule has 3 aromatic carbocycles. The van der Waals surface area contributed by atoms with Gasteiger partial charge in [-0.15, -0.1) is 58.7 Å². The molecular formula is C22H12F4-2. The summed E-state index contributed by atoms with van der Waals surface area (Å²) in [7, 11) is 0. The van der Waals surface area contributed by atoms with E-state index in [1.165, 1.54) is 0 Å². The molecule has 4 heteroatoms. The SMILES string of the molecule is Fc1c(F)c(F)c2c(c1F)C1C=C([c-]3cccc3)[C@H]2C=C1[c-]1cccc1. The summed E-state index contributed by atoms with van der Waals surface area (Å²) in [5.41, 5.74) is 3.11. The van der Waals surface area contributed by atoms with Crippen molar-refractivity contribution in [1.82, 2.24) is 0 Å². The molecule has 0 radical (unpaired) electrons. The van der Waals surface area contributed by atoms with Crippen LogP contribution < -0.4 is 0 Å². The van der Waals surface area contributed by atoms with Crippen LogP contribution in [-0.2, 0) is 0 Å². The molecule has 0 nitrogen and oxygen atoms in total. The van der Waals surface area contributed by atoms with E-state index in [0.717, 1.165) is 22.3 Å². The Balaban J connectivity index is 1.80. The van der Waals surface area contributed by atoms with Crippen molar-refractivity contribution in [3.8, 4) is 0 Å². The topological polar surface area (TPSA) is 0 Å². The molecule has 130 valence electrons. The van der Waals surface area contributed by atoms with Crippen LogP contribution in [0.5, 0.6) is 0 Å². The summed E-state index contributed by atoms with van der Waals surface area (Å²) in [5, 5.41) is 0. The van der Waals surface area contributed by atoms with Crippen molar-refractivity contribution in [3.63, 3.8) is 0 Å². The first-order chi connectivity index (χ1) is 12.6. The quantitative estimate of drug-likeness (QED) is 0.228. The van der Waals surface area contributed by atoms with Crippen LogP contribution in [0.15, 0.2) is 60.7 Å². The van der Waals surface area contributed by atoms with E-state index < -0.39 is 35.1 Å². The normalized spacial score (nSPS) is 20.8. The average Bonchev–Trinajstić information content (AvgIpc) is 3.37. The minimum atomic E-state index is -1.75. The molecule has 2 bridgehead atoms. The van der Waals surface area contributed by atoms with Crippen molar-refractivity contribution in [2.45, 2.75) is 11.8 Å². The Morgan fingerprint density at radius 3 is 1.23 bits per heavy atom. The maximum Gasteiger partial charge on any atom is 0.197 e. The Kier molecular flexibility index (Phi) is 3.14. The van der Waals surface area contributed by atoms with Crippen LogP contribution in [0.25, 0.3) is 11.1 Å². The lowest BCUT2D eigenvalue weighted by molar-refractivity contribution is 0.396. The van der Waals surface area contributed by atoms with Crippen LogP contribution in [0.3, 0.4) is 0 Å². The molecule has 0 N–H and O–H groups in total. The summed E-state index contributed by atoms with van der Waals surface area (Å²) >= 11 is 0. The largest absolute Gasteiger partial charge is 0.203 e. The molecular weight excluding hydrogens is 340 g/mol. The van der Waals surface area contributed by atoms with Gasteiger partial charge in [0.15, 0.2) is 23.3 Å². The molecule has 0 amide bonds. The maximum absolute atomic E-state index is 14.6. The summed E-state index contributed by atoms with van der Waals surface area (Å²) in [5.74, 6) is -7.43. The predicted octanol–water partition coefficient (Wildman–Crippen LogP) is 6.04. The third-order valence-corrected chi connectivity index (χ3v) is 5.32. The van der Waals surface area contributed by atoms with Gasteiger partial charge in [0.25, 0.3) is 0 Å². The highest BCUT2D eigenvalue weighted by molar-refractivity contribution is 5.90. The number of allylic oxidation sites excluding steroid dienone is 4. The first kappa shape index (κ1) is 15.4. The molecule has 2 atom stereocenters. The summed E-state index contributed by atoms with van der Waals surface area (Å²) < 4.78 is 57.1. The smallest absolute Gasteiger partial charge is 0.197 e. The van der Waals surface area contributed by atoms with Gasteiger partial charge in [-0.3, -0.25) is 0 Å². The molecule has 0 aliphatic heterocycles. The average molecular weight is 352 g/mol. The minimum Gasteiger partial charge on any atom is -0.203 e. The first-order valence-electron chi connectivity index (χ1n) is 8.31. The molecule has 3 aliphatic carbocycles. The third-order valence-electron chi connectivity index (χ3n) is 5.32. The second-order valence-electron chi connectivity index (χ2n) is 6.63. The van der Waals surface area contributed by atoms with Gasteiger partial charge in [-0.2, -0.15) is 24.3 Å². The fourth-order valence-electron chi connectivity index (χ4n) is 4.18. The molecule has 0 fully saturated rings. The zero-order valence-corrected chi connectivity index (χ0v) is 13.4. The Labute approximate surface area is 147 Å². The van der Waals surface area contributed by atoms with Gasteiger partial charge in [-0.1, -0.05) is 0 Å². The molecule has 1 unspecified atom stereocenters. The molecule has 0 heterocycles. The third kappa shape index (κ3) is 1.90. The van der Waals surface area contributed by atoms with Crippen molar-refractivity contribution < 1.29 is 17.6 Å². The second-order valence-corrected chi connectivity index (χ2v) is 6.63. The standard InChI is InChI=1S/C22H12F4/c23-19-17-15-10-14(12-7-3-4-8-12)16(9-13(15)11-5-1-2-6-11)18(17)20(24)22(26)21(19)25/h1-10,15-16H/q-2/t15-,16?/m1/s1. The summed E-state index contributed by atoms with van der Waals surface area (Å²) in [6.07, 6.45) is 3.68. The number of benzene rings is 1. The zero-order valence-electron chi connectivity index (χ0n) is 13.4. The van der Waals surface area contributed by atoms with Crippen LogP contribution in [0.4, 0.5) is 17.6 Å². The van der Waals surface area contributed by atoms with Gasteiger partial charge in [0.05, 0.1) is 0 Å². The monoisotopic (exact) mass is 352 g/mol. The van der Waals surface area contributed by atoms with Gasteiger partial charge in [0.2, 0.25) is 0 Å². The summed E-state index contributed by atoms with van der Waals surface area (Å²) in [6, 6.07) is 14.9. The number of hydrogen-bond donors (Lipinski definition) is 0.